The summed E-state index contributed by atoms with van der Waals surface area (Å²) in [5, 5.41) is 13.5. The highest BCUT2D eigenvalue weighted by molar-refractivity contribution is 8.01. The second kappa shape index (κ2) is 9.24. The fraction of sp³-hybridized carbons (Fsp3) is 0.111. The summed E-state index contributed by atoms with van der Waals surface area (Å²) >= 11 is 2.38. The lowest BCUT2D eigenvalue weighted by atomic mass is 10.2. The first-order valence-electron chi connectivity index (χ1n) is 7.94. The number of nitrogens with one attached hydrogen (secondary N) is 2. The molecule has 0 radical (unpaired) electrons. The molecule has 2 amide bonds. The van der Waals surface area contributed by atoms with Crippen LogP contribution in [0.3, 0.4) is 0 Å². The molecule has 0 bridgehead atoms. The third-order valence-corrected chi connectivity index (χ3v) is 5.34. The quantitative estimate of drug-likeness (QED) is 0.468. The summed E-state index contributed by atoms with van der Waals surface area (Å²) in [5.74, 6) is -0.885. The number of carbonyl (C=O) groups is 2. The van der Waals surface area contributed by atoms with Gasteiger partial charge in [0, 0.05) is 12.1 Å². The van der Waals surface area contributed by atoms with Crippen LogP contribution in [0.2, 0.25) is 0 Å². The Hall–Kier alpha value is -2.78. The van der Waals surface area contributed by atoms with Gasteiger partial charge in [0.25, 0.3) is 5.91 Å². The molecule has 0 aliphatic carbocycles. The minimum atomic E-state index is -0.488. The van der Waals surface area contributed by atoms with E-state index in [0.29, 0.717) is 10.9 Å². The number of thioether (sulfide) groups is 1. The molecule has 2 aromatic carbocycles. The average molecular weight is 402 g/mol. The van der Waals surface area contributed by atoms with Crippen LogP contribution in [0, 0.1) is 5.82 Å². The van der Waals surface area contributed by atoms with Crippen molar-refractivity contribution in [3.05, 3.63) is 71.5 Å². The Balaban J connectivity index is 1.46. The fourth-order valence-electron chi connectivity index (χ4n) is 2.09. The van der Waals surface area contributed by atoms with E-state index in [2.05, 4.69) is 20.8 Å². The van der Waals surface area contributed by atoms with Gasteiger partial charge in [-0.05, 0) is 23.8 Å². The highest BCUT2D eigenvalue weighted by Gasteiger charge is 2.12. The van der Waals surface area contributed by atoms with Crippen LogP contribution in [0.25, 0.3) is 0 Å². The van der Waals surface area contributed by atoms with E-state index in [0.717, 1.165) is 23.0 Å². The van der Waals surface area contributed by atoms with E-state index in [-0.39, 0.29) is 22.4 Å². The van der Waals surface area contributed by atoms with Crippen LogP contribution in [-0.2, 0) is 11.3 Å². The molecule has 6 nitrogen and oxygen atoms in total. The minimum absolute atomic E-state index is 0.121. The number of anilines is 1. The normalized spacial score (nSPS) is 10.4. The SMILES string of the molecule is O=C(CSc1nnc(NC(=O)c2cccc(F)c2)s1)NCc1ccccc1. The number of hydrogen-bond donors (Lipinski definition) is 2. The zero-order valence-electron chi connectivity index (χ0n) is 14.0. The Kier molecular flexibility index (Phi) is 6.50. The summed E-state index contributed by atoms with van der Waals surface area (Å²) in [4.78, 5) is 24.0. The van der Waals surface area contributed by atoms with Crippen molar-refractivity contribution in [3.8, 4) is 0 Å². The highest BCUT2D eigenvalue weighted by atomic mass is 32.2. The molecule has 1 heterocycles. The Morgan fingerprint density at radius 1 is 1.07 bits per heavy atom. The lowest BCUT2D eigenvalue weighted by Gasteiger charge is -2.03. The monoisotopic (exact) mass is 402 g/mol. The Bertz CT molecular complexity index is 934. The zero-order chi connectivity index (χ0) is 19.1. The van der Waals surface area contributed by atoms with E-state index < -0.39 is 11.7 Å². The standard InChI is InChI=1S/C18H15FN4O2S2/c19-14-8-4-7-13(9-14)16(25)21-17-22-23-18(27-17)26-11-15(24)20-10-12-5-2-1-3-6-12/h1-9H,10-11H2,(H,20,24)(H,21,22,25). The molecule has 0 saturated carbocycles. The summed E-state index contributed by atoms with van der Waals surface area (Å²) in [6, 6.07) is 15.0. The Labute approximate surface area is 163 Å². The van der Waals surface area contributed by atoms with Gasteiger partial charge < -0.3 is 5.32 Å². The molecule has 0 aliphatic rings. The van der Waals surface area contributed by atoms with Gasteiger partial charge >= 0.3 is 0 Å². The average Bonchev–Trinajstić information content (AvgIpc) is 3.13. The van der Waals surface area contributed by atoms with Crippen molar-refractivity contribution in [1.29, 1.82) is 0 Å². The number of hydrogen-bond acceptors (Lipinski definition) is 6. The fourth-order valence-corrected chi connectivity index (χ4v) is 3.67. The molecule has 0 unspecified atom stereocenters. The van der Waals surface area contributed by atoms with Crippen LogP contribution < -0.4 is 10.6 Å². The maximum Gasteiger partial charge on any atom is 0.257 e. The van der Waals surface area contributed by atoms with Gasteiger partial charge in [-0.2, -0.15) is 0 Å². The number of benzene rings is 2. The second-order valence-electron chi connectivity index (χ2n) is 5.39. The molecule has 138 valence electrons. The number of carbonyl (C=O) groups excluding carboxylic acids is 2. The van der Waals surface area contributed by atoms with Gasteiger partial charge in [-0.25, -0.2) is 4.39 Å². The Morgan fingerprint density at radius 3 is 2.67 bits per heavy atom. The van der Waals surface area contributed by atoms with Crippen molar-refractivity contribution >= 4 is 40.0 Å². The van der Waals surface area contributed by atoms with Gasteiger partial charge in [0.15, 0.2) is 4.34 Å². The van der Waals surface area contributed by atoms with Crippen molar-refractivity contribution in [2.75, 3.05) is 11.1 Å². The first kappa shape index (κ1) is 19.0. The van der Waals surface area contributed by atoms with Gasteiger partial charge in [-0.1, -0.05) is 59.5 Å². The predicted octanol–water partition coefficient (Wildman–Crippen LogP) is 3.34. The summed E-state index contributed by atoms with van der Waals surface area (Å²) in [6.45, 7) is 0.464. The summed E-state index contributed by atoms with van der Waals surface area (Å²) in [5.41, 5.74) is 1.22. The van der Waals surface area contributed by atoms with Gasteiger partial charge in [0.1, 0.15) is 5.82 Å². The van der Waals surface area contributed by atoms with Crippen molar-refractivity contribution in [1.82, 2.24) is 15.5 Å². The highest BCUT2D eigenvalue weighted by Crippen LogP contribution is 2.25. The smallest absolute Gasteiger partial charge is 0.257 e. The number of rotatable bonds is 7. The minimum Gasteiger partial charge on any atom is -0.351 e. The largest absolute Gasteiger partial charge is 0.351 e. The maximum atomic E-state index is 13.2. The summed E-state index contributed by atoms with van der Waals surface area (Å²) in [7, 11) is 0. The molecule has 27 heavy (non-hydrogen) atoms. The van der Waals surface area contributed by atoms with Crippen LogP contribution in [0.1, 0.15) is 15.9 Å². The second-order valence-corrected chi connectivity index (χ2v) is 7.59. The number of nitrogens with zero attached hydrogens (tertiary/aromatic N) is 2. The van der Waals surface area contributed by atoms with Gasteiger partial charge in [-0.3, -0.25) is 14.9 Å². The molecule has 0 fully saturated rings. The van der Waals surface area contributed by atoms with E-state index >= 15 is 0 Å². The van der Waals surface area contributed by atoms with Gasteiger partial charge in [0.2, 0.25) is 11.0 Å². The number of halogens is 1. The number of aromatic nitrogens is 2. The van der Waals surface area contributed by atoms with Crippen LogP contribution in [0.4, 0.5) is 9.52 Å². The molecule has 3 rings (SSSR count). The molecule has 0 aliphatic heterocycles. The summed E-state index contributed by atoms with van der Waals surface area (Å²) in [6.07, 6.45) is 0. The van der Waals surface area contributed by atoms with Crippen LogP contribution in [0.5, 0.6) is 0 Å². The molecule has 1 aromatic heterocycles. The lowest BCUT2D eigenvalue weighted by Crippen LogP contribution is -2.24. The van der Waals surface area contributed by atoms with E-state index in [9.17, 15) is 14.0 Å². The van der Waals surface area contributed by atoms with E-state index in [1.165, 1.54) is 30.0 Å². The number of amides is 2. The van der Waals surface area contributed by atoms with Crippen molar-refractivity contribution < 1.29 is 14.0 Å². The van der Waals surface area contributed by atoms with E-state index in [4.69, 9.17) is 0 Å². The molecule has 0 spiro atoms. The Morgan fingerprint density at radius 2 is 1.89 bits per heavy atom. The first-order chi connectivity index (χ1) is 13.1. The lowest BCUT2D eigenvalue weighted by molar-refractivity contribution is -0.118. The molecular weight excluding hydrogens is 387 g/mol. The topological polar surface area (TPSA) is 84.0 Å². The van der Waals surface area contributed by atoms with Gasteiger partial charge in [-0.15, -0.1) is 10.2 Å². The van der Waals surface area contributed by atoms with Crippen LogP contribution >= 0.6 is 23.1 Å². The third-order valence-electron chi connectivity index (χ3n) is 3.37. The van der Waals surface area contributed by atoms with Gasteiger partial charge in [0.05, 0.1) is 5.75 Å². The zero-order valence-corrected chi connectivity index (χ0v) is 15.6. The molecule has 0 atom stereocenters. The van der Waals surface area contributed by atoms with Crippen molar-refractivity contribution in [2.24, 2.45) is 0 Å². The molecule has 2 N–H and O–H groups in total. The first-order valence-corrected chi connectivity index (χ1v) is 9.74. The molecular formula is C18H15FN4O2S2. The summed E-state index contributed by atoms with van der Waals surface area (Å²) < 4.78 is 13.7. The maximum absolute atomic E-state index is 13.2. The van der Waals surface area contributed by atoms with Crippen molar-refractivity contribution in [3.63, 3.8) is 0 Å². The predicted molar refractivity (Wildman–Crippen MR) is 103 cm³/mol. The molecule has 3 aromatic rings. The van der Waals surface area contributed by atoms with E-state index in [1.807, 2.05) is 30.3 Å². The van der Waals surface area contributed by atoms with Crippen LogP contribution in [-0.4, -0.2) is 27.8 Å². The molecule has 9 heteroatoms. The van der Waals surface area contributed by atoms with E-state index in [1.54, 1.807) is 0 Å². The van der Waals surface area contributed by atoms with Crippen LogP contribution in [0.15, 0.2) is 58.9 Å². The molecule has 0 saturated heterocycles. The third kappa shape index (κ3) is 5.87. The van der Waals surface area contributed by atoms with Crippen molar-refractivity contribution in [2.45, 2.75) is 10.9 Å².